The van der Waals surface area contributed by atoms with Crippen LogP contribution in [0.1, 0.15) is 47.9 Å². The maximum atomic E-state index is 10.6. The Balaban J connectivity index is 1.94. The van der Waals surface area contributed by atoms with Gasteiger partial charge in [-0.1, -0.05) is 48.6 Å². The minimum absolute atomic E-state index is 0.0855. The lowest BCUT2D eigenvalue weighted by atomic mass is 9.90. The van der Waals surface area contributed by atoms with E-state index in [0.717, 1.165) is 34.4 Å². The second-order valence-corrected chi connectivity index (χ2v) is 7.41. The van der Waals surface area contributed by atoms with Crippen molar-refractivity contribution in [3.63, 3.8) is 0 Å². The maximum absolute atomic E-state index is 10.6. The van der Waals surface area contributed by atoms with E-state index in [9.17, 15) is 15.3 Å². The van der Waals surface area contributed by atoms with Gasteiger partial charge >= 0.3 is 0 Å². The summed E-state index contributed by atoms with van der Waals surface area (Å²) in [5, 5.41) is 29.3. The summed E-state index contributed by atoms with van der Waals surface area (Å²) >= 11 is 0. The summed E-state index contributed by atoms with van der Waals surface area (Å²) in [6.45, 7) is 7.76. The van der Waals surface area contributed by atoms with Crippen molar-refractivity contribution >= 4 is 12.2 Å². The molecule has 4 nitrogen and oxygen atoms in total. The first-order valence-corrected chi connectivity index (χ1v) is 10.2. The van der Waals surface area contributed by atoms with Crippen molar-refractivity contribution in [1.29, 1.82) is 0 Å². The average Bonchev–Trinajstić information content (AvgIpc) is 2.76. The lowest BCUT2D eigenvalue weighted by Gasteiger charge is -2.25. The van der Waals surface area contributed by atoms with E-state index in [-0.39, 0.29) is 13.2 Å². The van der Waals surface area contributed by atoms with E-state index in [2.05, 4.69) is 13.2 Å². The summed E-state index contributed by atoms with van der Waals surface area (Å²) in [6.07, 6.45) is 9.86. The number of ether oxygens (including phenoxy) is 1. The Morgan fingerprint density at radius 1 is 0.867 bits per heavy atom. The fourth-order valence-corrected chi connectivity index (χ4v) is 3.37. The molecule has 3 N–H and O–H groups in total. The van der Waals surface area contributed by atoms with Crippen LogP contribution in [0.15, 0.2) is 67.8 Å². The van der Waals surface area contributed by atoms with Crippen LogP contribution in [0.5, 0.6) is 5.75 Å². The Bertz CT molecular complexity index is 844. The largest absolute Gasteiger partial charge is 0.494 e. The van der Waals surface area contributed by atoms with Crippen LogP contribution in [-0.4, -0.2) is 27.5 Å². The zero-order valence-electron chi connectivity index (χ0n) is 17.5. The smallest absolute Gasteiger partial charge is 0.119 e. The van der Waals surface area contributed by atoms with Gasteiger partial charge in [0.25, 0.3) is 0 Å². The fraction of sp³-hybridized carbons (Fsp3) is 0.308. The van der Waals surface area contributed by atoms with E-state index in [0.29, 0.717) is 25.9 Å². The van der Waals surface area contributed by atoms with Gasteiger partial charge in [-0.25, -0.2) is 0 Å². The zero-order valence-corrected chi connectivity index (χ0v) is 17.5. The molecule has 0 radical (unpaired) electrons. The van der Waals surface area contributed by atoms with Crippen LogP contribution in [0, 0.1) is 0 Å². The van der Waals surface area contributed by atoms with Crippen LogP contribution >= 0.6 is 0 Å². The highest BCUT2D eigenvalue weighted by Gasteiger charge is 2.22. The zero-order chi connectivity index (χ0) is 21.8. The predicted octanol–water partition coefficient (Wildman–Crippen LogP) is 4.88. The van der Waals surface area contributed by atoms with Crippen molar-refractivity contribution in [1.82, 2.24) is 0 Å². The van der Waals surface area contributed by atoms with Crippen LogP contribution in [-0.2, 0) is 13.2 Å². The first-order valence-electron chi connectivity index (χ1n) is 10.2. The summed E-state index contributed by atoms with van der Waals surface area (Å²) in [4.78, 5) is 0. The van der Waals surface area contributed by atoms with Gasteiger partial charge in [0, 0.05) is 0 Å². The van der Waals surface area contributed by atoms with Crippen molar-refractivity contribution in [2.75, 3.05) is 6.61 Å². The van der Waals surface area contributed by atoms with E-state index < -0.39 is 5.60 Å². The molecule has 0 saturated heterocycles. The first kappa shape index (κ1) is 23.6. The molecule has 0 aliphatic heterocycles. The molecular weight excluding hydrogens is 376 g/mol. The summed E-state index contributed by atoms with van der Waals surface area (Å²) in [6, 6.07) is 13.4. The van der Waals surface area contributed by atoms with Gasteiger partial charge in [0.1, 0.15) is 5.75 Å². The molecule has 0 saturated carbocycles. The summed E-state index contributed by atoms with van der Waals surface area (Å²) in [5.74, 6) is 0.778. The molecule has 0 aromatic heterocycles. The van der Waals surface area contributed by atoms with Gasteiger partial charge in [0.05, 0.1) is 25.4 Å². The average molecular weight is 409 g/mol. The summed E-state index contributed by atoms with van der Waals surface area (Å²) in [5.41, 5.74) is 2.62. The minimum atomic E-state index is -0.795. The van der Waals surface area contributed by atoms with Gasteiger partial charge in [-0.3, -0.25) is 0 Å². The topological polar surface area (TPSA) is 69.9 Å². The highest BCUT2D eigenvalue weighted by molar-refractivity contribution is 5.70. The van der Waals surface area contributed by atoms with Gasteiger partial charge in [-0.15, -0.1) is 13.2 Å². The number of hydrogen-bond donors (Lipinski definition) is 3. The second-order valence-electron chi connectivity index (χ2n) is 7.41. The predicted molar refractivity (Wildman–Crippen MR) is 123 cm³/mol. The monoisotopic (exact) mass is 408 g/mol. The Kier molecular flexibility index (Phi) is 9.55. The highest BCUT2D eigenvalue weighted by Crippen LogP contribution is 2.23. The quantitative estimate of drug-likeness (QED) is 0.251. The molecule has 0 atom stereocenters. The van der Waals surface area contributed by atoms with Crippen molar-refractivity contribution in [3.05, 3.63) is 90.0 Å². The third-order valence-electron chi connectivity index (χ3n) is 5.00. The summed E-state index contributed by atoms with van der Waals surface area (Å²) < 4.78 is 5.86. The molecule has 0 aliphatic rings. The van der Waals surface area contributed by atoms with E-state index >= 15 is 0 Å². The van der Waals surface area contributed by atoms with Crippen molar-refractivity contribution in [3.8, 4) is 5.75 Å². The molecule has 2 rings (SSSR count). The molecule has 2 aromatic rings. The molecule has 0 unspecified atom stereocenters. The Hall–Kier alpha value is -2.66. The van der Waals surface area contributed by atoms with Crippen LogP contribution in [0.25, 0.3) is 12.2 Å². The molecular formula is C26H32O4. The molecule has 0 spiro atoms. The SMILES string of the molecule is C=CCC(O)(CC=C)CCCOc1cccc(/C=C/c2ccc(CO)c(CO)c2)c1. The van der Waals surface area contributed by atoms with Gasteiger partial charge in [-0.05, 0) is 66.1 Å². The number of aliphatic hydroxyl groups excluding tert-OH is 2. The minimum Gasteiger partial charge on any atom is -0.494 e. The van der Waals surface area contributed by atoms with Gasteiger partial charge in [-0.2, -0.15) is 0 Å². The van der Waals surface area contributed by atoms with Crippen LogP contribution in [0.4, 0.5) is 0 Å². The van der Waals surface area contributed by atoms with E-state index in [1.54, 1.807) is 12.2 Å². The van der Waals surface area contributed by atoms with Gasteiger partial charge in [0.15, 0.2) is 0 Å². The van der Waals surface area contributed by atoms with Crippen LogP contribution in [0.2, 0.25) is 0 Å². The molecule has 0 fully saturated rings. The molecule has 0 heterocycles. The molecule has 0 aliphatic carbocycles. The van der Waals surface area contributed by atoms with Crippen molar-refractivity contribution in [2.24, 2.45) is 0 Å². The molecule has 2 aromatic carbocycles. The maximum Gasteiger partial charge on any atom is 0.119 e. The number of hydrogen-bond acceptors (Lipinski definition) is 4. The standard InChI is InChI=1S/C26H32O4/c1-3-13-26(29,14-4-2)15-6-16-30-25-8-5-7-21(18-25)9-10-22-11-12-23(19-27)24(17-22)20-28/h3-5,7-12,17-18,27-29H,1-2,6,13-16,19-20H2/b10-9+. The van der Waals surface area contributed by atoms with Gasteiger partial charge < -0.3 is 20.1 Å². The molecule has 0 bridgehead atoms. The van der Waals surface area contributed by atoms with Crippen molar-refractivity contribution in [2.45, 2.75) is 44.5 Å². The lowest BCUT2D eigenvalue weighted by Crippen LogP contribution is -2.27. The normalized spacial score (nSPS) is 11.6. The number of benzene rings is 2. The van der Waals surface area contributed by atoms with Crippen LogP contribution in [0.3, 0.4) is 0 Å². The third kappa shape index (κ3) is 7.30. The van der Waals surface area contributed by atoms with Gasteiger partial charge in [0.2, 0.25) is 0 Å². The van der Waals surface area contributed by atoms with Crippen molar-refractivity contribution < 1.29 is 20.1 Å². The van der Waals surface area contributed by atoms with E-state index in [4.69, 9.17) is 4.74 Å². The van der Waals surface area contributed by atoms with Crippen LogP contribution < -0.4 is 4.74 Å². The molecule has 0 amide bonds. The fourth-order valence-electron chi connectivity index (χ4n) is 3.37. The lowest BCUT2D eigenvalue weighted by molar-refractivity contribution is 0.0318. The molecule has 160 valence electrons. The Morgan fingerprint density at radius 3 is 2.17 bits per heavy atom. The molecule has 30 heavy (non-hydrogen) atoms. The number of rotatable bonds is 13. The Morgan fingerprint density at radius 2 is 1.53 bits per heavy atom. The first-order chi connectivity index (χ1) is 14.5. The number of aliphatic hydroxyl groups is 3. The third-order valence-corrected chi connectivity index (χ3v) is 5.00. The van der Waals surface area contributed by atoms with E-state index in [1.165, 1.54) is 0 Å². The molecule has 4 heteroatoms. The van der Waals surface area contributed by atoms with E-state index in [1.807, 2.05) is 54.6 Å². The Labute approximate surface area is 179 Å². The summed E-state index contributed by atoms with van der Waals surface area (Å²) in [7, 11) is 0. The second kappa shape index (κ2) is 12.1. The highest BCUT2D eigenvalue weighted by atomic mass is 16.5.